The van der Waals surface area contributed by atoms with E-state index in [1.807, 2.05) is 0 Å². The molecule has 0 atom stereocenters. The summed E-state index contributed by atoms with van der Waals surface area (Å²) in [5.41, 5.74) is 7.18. The van der Waals surface area contributed by atoms with Crippen LogP contribution >= 0.6 is 0 Å². The highest BCUT2D eigenvalue weighted by Crippen LogP contribution is 2.25. The molecule has 1 fully saturated rings. The van der Waals surface area contributed by atoms with Crippen molar-refractivity contribution in [3.63, 3.8) is 0 Å². The Morgan fingerprint density at radius 3 is 2.67 bits per heavy atom. The number of rotatable bonds is 4. The summed E-state index contributed by atoms with van der Waals surface area (Å²) in [5.74, 6) is 0.787. The van der Waals surface area contributed by atoms with E-state index in [1.165, 1.54) is 29.2 Å². The van der Waals surface area contributed by atoms with Crippen molar-refractivity contribution < 1.29 is 0 Å². The van der Waals surface area contributed by atoms with Crippen molar-refractivity contribution in [3.05, 3.63) is 48.0 Å². The van der Waals surface area contributed by atoms with Gasteiger partial charge in [0.1, 0.15) is 0 Å². The third kappa shape index (κ3) is 2.40. The molecule has 0 bridgehead atoms. The molecule has 0 unspecified atom stereocenters. The van der Waals surface area contributed by atoms with Crippen LogP contribution in [-0.4, -0.2) is 12.6 Å². The lowest BCUT2D eigenvalue weighted by atomic mass is 9.81. The van der Waals surface area contributed by atoms with Crippen LogP contribution in [0.4, 0.5) is 0 Å². The van der Waals surface area contributed by atoms with E-state index >= 15 is 0 Å². The van der Waals surface area contributed by atoms with Crippen LogP contribution in [0.15, 0.2) is 42.5 Å². The van der Waals surface area contributed by atoms with Crippen LogP contribution in [-0.2, 0) is 6.54 Å². The first kappa shape index (κ1) is 11.7. The highest BCUT2D eigenvalue weighted by Gasteiger charge is 2.24. The van der Waals surface area contributed by atoms with Gasteiger partial charge < -0.3 is 11.1 Å². The summed E-state index contributed by atoms with van der Waals surface area (Å²) in [6, 6.07) is 15.5. The van der Waals surface area contributed by atoms with Crippen molar-refractivity contribution in [1.29, 1.82) is 0 Å². The van der Waals surface area contributed by atoms with Gasteiger partial charge in [0.2, 0.25) is 0 Å². The highest BCUT2D eigenvalue weighted by molar-refractivity contribution is 5.85. The van der Waals surface area contributed by atoms with Crippen molar-refractivity contribution in [3.8, 4) is 0 Å². The summed E-state index contributed by atoms with van der Waals surface area (Å²) in [6.45, 7) is 2.05. The van der Waals surface area contributed by atoms with Crippen LogP contribution in [0.25, 0.3) is 10.8 Å². The highest BCUT2D eigenvalue weighted by atomic mass is 14.9. The van der Waals surface area contributed by atoms with Gasteiger partial charge in [0, 0.05) is 12.6 Å². The summed E-state index contributed by atoms with van der Waals surface area (Å²) in [7, 11) is 0. The van der Waals surface area contributed by atoms with Crippen LogP contribution in [0.3, 0.4) is 0 Å². The molecule has 1 aliphatic rings. The van der Waals surface area contributed by atoms with Gasteiger partial charge in [0.05, 0.1) is 0 Å². The number of benzene rings is 2. The average Bonchev–Trinajstić information content (AvgIpc) is 2.37. The van der Waals surface area contributed by atoms with E-state index in [0.29, 0.717) is 6.04 Å². The lowest BCUT2D eigenvalue weighted by Gasteiger charge is -2.32. The number of nitrogens with two attached hydrogens (primary N) is 1. The van der Waals surface area contributed by atoms with Crippen molar-refractivity contribution in [2.45, 2.75) is 25.4 Å². The Bertz CT molecular complexity index is 524. The van der Waals surface area contributed by atoms with Gasteiger partial charge in [-0.05, 0) is 41.6 Å². The zero-order chi connectivity index (χ0) is 12.4. The standard InChI is InChI=1S/C16H20N2/c17-15-8-12(9-15)10-18-11-14-6-3-5-13-4-1-2-7-16(13)14/h1-7,12,15,18H,8-11,17H2. The fraction of sp³-hybridized carbons (Fsp3) is 0.375. The summed E-state index contributed by atoms with van der Waals surface area (Å²) in [6.07, 6.45) is 2.37. The molecule has 0 amide bonds. The summed E-state index contributed by atoms with van der Waals surface area (Å²) in [5, 5.41) is 6.24. The largest absolute Gasteiger partial charge is 0.328 e. The average molecular weight is 240 g/mol. The maximum atomic E-state index is 5.80. The Morgan fingerprint density at radius 2 is 1.83 bits per heavy atom. The predicted octanol–water partition coefficient (Wildman–Crippen LogP) is 2.67. The molecule has 0 radical (unpaired) electrons. The lowest BCUT2D eigenvalue weighted by molar-refractivity contribution is 0.256. The van der Waals surface area contributed by atoms with Gasteiger partial charge in [0.25, 0.3) is 0 Å². The molecule has 1 saturated carbocycles. The minimum atomic E-state index is 0.453. The number of hydrogen-bond donors (Lipinski definition) is 2. The summed E-state index contributed by atoms with van der Waals surface area (Å²) >= 11 is 0. The minimum Gasteiger partial charge on any atom is -0.328 e. The lowest BCUT2D eigenvalue weighted by Crippen LogP contribution is -2.41. The first-order chi connectivity index (χ1) is 8.83. The Hall–Kier alpha value is -1.38. The van der Waals surface area contributed by atoms with E-state index in [-0.39, 0.29) is 0 Å². The zero-order valence-corrected chi connectivity index (χ0v) is 10.6. The van der Waals surface area contributed by atoms with Gasteiger partial charge in [-0.1, -0.05) is 42.5 Å². The third-order valence-corrected chi connectivity index (χ3v) is 3.90. The molecule has 2 aromatic rings. The maximum absolute atomic E-state index is 5.80. The minimum absolute atomic E-state index is 0.453. The quantitative estimate of drug-likeness (QED) is 0.862. The van der Waals surface area contributed by atoms with Crippen molar-refractivity contribution >= 4 is 10.8 Å². The van der Waals surface area contributed by atoms with Crippen LogP contribution in [0, 0.1) is 5.92 Å². The molecule has 3 N–H and O–H groups in total. The second kappa shape index (κ2) is 5.09. The molecule has 0 aliphatic heterocycles. The zero-order valence-electron chi connectivity index (χ0n) is 10.6. The molecule has 0 aromatic heterocycles. The number of fused-ring (bicyclic) bond motifs is 1. The predicted molar refractivity (Wildman–Crippen MR) is 76.4 cm³/mol. The topological polar surface area (TPSA) is 38.0 Å². The first-order valence-corrected chi connectivity index (χ1v) is 6.76. The SMILES string of the molecule is NC1CC(CNCc2cccc3ccccc23)C1. The summed E-state index contributed by atoms with van der Waals surface area (Å²) < 4.78 is 0. The second-order valence-electron chi connectivity index (χ2n) is 5.37. The maximum Gasteiger partial charge on any atom is 0.0211 e. The van der Waals surface area contributed by atoms with Gasteiger partial charge in [0.15, 0.2) is 0 Å². The first-order valence-electron chi connectivity index (χ1n) is 6.76. The van der Waals surface area contributed by atoms with E-state index in [2.05, 4.69) is 47.8 Å². The van der Waals surface area contributed by atoms with Gasteiger partial charge in [-0.15, -0.1) is 0 Å². The van der Waals surface area contributed by atoms with E-state index < -0.39 is 0 Å². The molecular formula is C16H20N2. The molecule has 2 heteroatoms. The Morgan fingerprint density at radius 1 is 1.06 bits per heavy atom. The van der Waals surface area contributed by atoms with E-state index in [4.69, 9.17) is 5.73 Å². The number of hydrogen-bond acceptors (Lipinski definition) is 2. The monoisotopic (exact) mass is 240 g/mol. The molecule has 18 heavy (non-hydrogen) atoms. The van der Waals surface area contributed by atoms with E-state index in [1.54, 1.807) is 0 Å². The van der Waals surface area contributed by atoms with Gasteiger partial charge in [-0.2, -0.15) is 0 Å². The molecule has 0 spiro atoms. The van der Waals surface area contributed by atoms with Gasteiger partial charge in [-0.25, -0.2) is 0 Å². The molecule has 2 nitrogen and oxygen atoms in total. The molecule has 94 valence electrons. The van der Waals surface area contributed by atoms with Gasteiger partial charge in [-0.3, -0.25) is 0 Å². The fourth-order valence-corrected chi connectivity index (χ4v) is 2.81. The molecule has 3 rings (SSSR count). The molecule has 0 saturated heterocycles. The normalized spacial score (nSPS) is 22.9. The molecule has 2 aromatic carbocycles. The number of nitrogens with one attached hydrogen (secondary N) is 1. The Labute approximate surface area is 108 Å². The van der Waals surface area contributed by atoms with Crippen LogP contribution in [0.5, 0.6) is 0 Å². The fourth-order valence-electron chi connectivity index (χ4n) is 2.81. The Kier molecular flexibility index (Phi) is 3.31. The Balaban J connectivity index is 1.64. The summed E-state index contributed by atoms with van der Waals surface area (Å²) in [4.78, 5) is 0. The van der Waals surface area contributed by atoms with Crippen LogP contribution in [0.1, 0.15) is 18.4 Å². The van der Waals surface area contributed by atoms with Crippen molar-refractivity contribution in [1.82, 2.24) is 5.32 Å². The van der Waals surface area contributed by atoms with Crippen molar-refractivity contribution in [2.24, 2.45) is 11.7 Å². The van der Waals surface area contributed by atoms with Gasteiger partial charge >= 0.3 is 0 Å². The molecule has 0 heterocycles. The second-order valence-corrected chi connectivity index (χ2v) is 5.37. The van der Waals surface area contributed by atoms with Crippen LogP contribution < -0.4 is 11.1 Å². The smallest absolute Gasteiger partial charge is 0.0211 e. The third-order valence-electron chi connectivity index (χ3n) is 3.90. The van der Waals surface area contributed by atoms with E-state index in [0.717, 1.165) is 19.0 Å². The molecule has 1 aliphatic carbocycles. The van der Waals surface area contributed by atoms with Crippen molar-refractivity contribution in [2.75, 3.05) is 6.54 Å². The van der Waals surface area contributed by atoms with Crippen LogP contribution in [0.2, 0.25) is 0 Å². The molecular weight excluding hydrogens is 220 g/mol. The van der Waals surface area contributed by atoms with E-state index in [9.17, 15) is 0 Å².